The quantitative estimate of drug-likeness (QED) is 0.184. The molecule has 0 unspecified atom stereocenters. The van der Waals surface area contributed by atoms with Gasteiger partial charge in [0, 0.05) is 38.1 Å². The molecule has 47 heavy (non-hydrogen) atoms. The van der Waals surface area contributed by atoms with E-state index in [2.05, 4.69) is 27.8 Å². The van der Waals surface area contributed by atoms with Gasteiger partial charge in [0.25, 0.3) is 11.9 Å². The number of hydrogen-bond donors (Lipinski definition) is 5. The number of benzene rings is 2. The Kier molecular flexibility index (Phi) is 16.7. The van der Waals surface area contributed by atoms with Crippen molar-refractivity contribution in [2.75, 3.05) is 16.4 Å². The summed E-state index contributed by atoms with van der Waals surface area (Å²) in [5.41, 5.74) is 8.65. The van der Waals surface area contributed by atoms with Crippen molar-refractivity contribution < 1.29 is 38.9 Å². The van der Waals surface area contributed by atoms with Crippen molar-refractivity contribution in [1.82, 2.24) is 9.55 Å². The van der Waals surface area contributed by atoms with Crippen LogP contribution in [0.25, 0.3) is 11.0 Å². The monoisotopic (exact) mass is 655 g/mol. The first kappa shape index (κ1) is 40.1. The summed E-state index contributed by atoms with van der Waals surface area (Å²) in [6, 6.07) is 13.0. The zero-order chi connectivity index (χ0) is 35.7. The van der Waals surface area contributed by atoms with E-state index in [-0.39, 0.29) is 30.6 Å². The first-order valence-corrected chi connectivity index (χ1v) is 15.7. The number of aliphatic carboxylic acids is 2. The number of carbonyl (C=O) groups is 5. The van der Waals surface area contributed by atoms with E-state index in [1.807, 2.05) is 26.0 Å². The lowest BCUT2D eigenvalue weighted by Crippen LogP contribution is -2.27. The van der Waals surface area contributed by atoms with E-state index >= 15 is 0 Å². The Labute approximate surface area is 275 Å². The van der Waals surface area contributed by atoms with E-state index in [9.17, 15) is 14.4 Å². The van der Waals surface area contributed by atoms with Crippen molar-refractivity contribution in [3.05, 3.63) is 48.0 Å². The topological polar surface area (TPSA) is 203 Å². The number of carbonyl (C=O) groups excluding carboxylic acids is 3. The smallest absolute Gasteiger partial charge is 0.421 e. The number of carboxylic acid groups (broad SMARTS) is 2. The molecule has 3 aromatic rings. The van der Waals surface area contributed by atoms with Gasteiger partial charge in [0.05, 0.1) is 11.0 Å². The van der Waals surface area contributed by atoms with E-state index in [1.54, 1.807) is 39.0 Å². The predicted molar refractivity (Wildman–Crippen MR) is 183 cm³/mol. The van der Waals surface area contributed by atoms with Crippen molar-refractivity contribution in [1.29, 1.82) is 0 Å². The van der Waals surface area contributed by atoms with Crippen LogP contribution in [0.1, 0.15) is 105 Å². The SMILES string of the molecule is CC.CC(=O)O.CC(=O)O.CC(C)(C)OC(=O)n1c(N)nc2ccc(NC(=O)CCC(=O)Nc3ccc(C4CCCCC4)cc3)cc21. The van der Waals surface area contributed by atoms with E-state index < -0.39 is 23.6 Å². The molecule has 1 saturated carbocycles. The maximum absolute atomic E-state index is 12.6. The number of hydrogen-bond acceptors (Lipinski definition) is 8. The van der Waals surface area contributed by atoms with E-state index in [4.69, 9.17) is 30.3 Å². The van der Waals surface area contributed by atoms with Crippen molar-refractivity contribution in [2.45, 2.75) is 105 Å². The summed E-state index contributed by atoms with van der Waals surface area (Å²) in [5.74, 6) is -1.61. The Hall–Kier alpha value is -4.94. The van der Waals surface area contributed by atoms with Gasteiger partial charge in [0.2, 0.25) is 17.8 Å². The zero-order valence-electron chi connectivity index (χ0n) is 28.4. The van der Waals surface area contributed by atoms with Gasteiger partial charge in [-0.05, 0) is 75.4 Å². The number of nitrogens with one attached hydrogen (secondary N) is 2. The highest BCUT2D eigenvalue weighted by molar-refractivity contribution is 5.98. The predicted octanol–water partition coefficient (Wildman–Crippen LogP) is 7.01. The highest BCUT2D eigenvalue weighted by Gasteiger charge is 2.22. The molecule has 0 aliphatic heterocycles. The number of carboxylic acids is 2. The molecule has 4 rings (SSSR count). The molecule has 2 amide bonds. The summed E-state index contributed by atoms with van der Waals surface area (Å²) in [4.78, 5) is 59.7. The molecule has 0 radical (unpaired) electrons. The van der Waals surface area contributed by atoms with E-state index in [0.717, 1.165) is 19.5 Å². The Morgan fingerprint density at radius 2 is 1.32 bits per heavy atom. The number of fused-ring (bicyclic) bond motifs is 1. The summed E-state index contributed by atoms with van der Waals surface area (Å²) in [6.07, 6.45) is 5.73. The van der Waals surface area contributed by atoms with Gasteiger partial charge >= 0.3 is 6.09 Å². The zero-order valence-corrected chi connectivity index (χ0v) is 28.4. The van der Waals surface area contributed by atoms with Crippen LogP contribution in [-0.2, 0) is 23.9 Å². The number of imidazole rings is 1. The van der Waals surface area contributed by atoms with Crippen molar-refractivity contribution >= 4 is 58.2 Å². The molecule has 0 bridgehead atoms. The van der Waals surface area contributed by atoms with Gasteiger partial charge in [-0.25, -0.2) is 14.3 Å². The van der Waals surface area contributed by atoms with Gasteiger partial charge in [-0.1, -0.05) is 45.2 Å². The molecule has 1 fully saturated rings. The molecule has 13 nitrogen and oxygen atoms in total. The van der Waals surface area contributed by atoms with Gasteiger partial charge < -0.3 is 31.3 Å². The first-order valence-electron chi connectivity index (χ1n) is 15.7. The lowest BCUT2D eigenvalue weighted by atomic mass is 9.84. The maximum atomic E-state index is 12.6. The summed E-state index contributed by atoms with van der Waals surface area (Å²) >= 11 is 0. The Morgan fingerprint density at radius 3 is 1.81 bits per heavy atom. The Morgan fingerprint density at radius 1 is 0.851 bits per heavy atom. The second-order valence-corrected chi connectivity index (χ2v) is 11.6. The van der Waals surface area contributed by atoms with Crippen LogP contribution in [0.2, 0.25) is 0 Å². The van der Waals surface area contributed by atoms with Gasteiger partial charge in [-0.3, -0.25) is 19.2 Å². The number of nitrogens with zero attached hydrogens (tertiary/aromatic N) is 2. The number of amides is 2. The molecular weight excluding hydrogens is 606 g/mol. The van der Waals surface area contributed by atoms with Crippen LogP contribution >= 0.6 is 0 Å². The minimum absolute atomic E-state index is 0.00355. The van der Waals surface area contributed by atoms with E-state index in [1.165, 1.54) is 42.2 Å². The molecule has 1 aliphatic rings. The number of nitrogen functional groups attached to an aromatic ring is 1. The molecule has 6 N–H and O–H groups in total. The lowest BCUT2D eigenvalue weighted by molar-refractivity contribution is -0.135. The molecule has 258 valence electrons. The highest BCUT2D eigenvalue weighted by Crippen LogP contribution is 2.33. The van der Waals surface area contributed by atoms with Gasteiger partial charge in [0.1, 0.15) is 5.60 Å². The van der Waals surface area contributed by atoms with Crippen LogP contribution in [0.5, 0.6) is 0 Å². The number of anilines is 3. The number of nitrogens with two attached hydrogens (primary N) is 1. The van der Waals surface area contributed by atoms with Gasteiger partial charge in [0.15, 0.2) is 0 Å². The van der Waals surface area contributed by atoms with Gasteiger partial charge in [-0.2, -0.15) is 0 Å². The third-order valence-electron chi connectivity index (χ3n) is 6.39. The van der Waals surface area contributed by atoms with Crippen LogP contribution in [0.4, 0.5) is 22.1 Å². The molecule has 2 aromatic carbocycles. The molecule has 1 heterocycles. The molecule has 0 spiro atoms. The van der Waals surface area contributed by atoms with Crippen LogP contribution in [0.3, 0.4) is 0 Å². The standard InChI is InChI=1S/C28H35N5O4.2C2H4O2.C2H6/c1-28(2,3)37-27(36)33-23-17-21(13-14-22(23)32-26(33)29)31-25(35)16-15-24(34)30-20-11-9-19(10-12-20)18-7-5-4-6-8-18;2*1-2(3)4;1-2/h9-14,17-18H,4-8,15-16H2,1-3H3,(H2,29,32)(H,30,34)(H,31,35);2*1H3,(H,3,4);1-2H3. The Bertz CT molecular complexity index is 1470. The second kappa shape index (κ2) is 19.5. The van der Waals surface area contributed by atoms with Crippen molar-refractivity contribution in [3.8, 4) is 0 Å². The fourth-order valence-electron chi connectivity index (χ4n) is 4.62. The third kappa shape index (κ3) is 15.3. The largest absolute Gasteiger partial charge is 0.481 e. The molecule has 1 aromatic heterocycles. The van der Waals surface area contributed by atoms with E-state index in [0.29, 0.717) is 22.6 Å². The minimum Gasteiger partial charge on any atom is -0.481 e. The summed E-state index contributed by atoms with van der Waals surface area (Å²) in [7, 11) is 0. The van der Waals surface area contributed by atoms with Crippen molar-refractivity contribution in [2.24, 2.45) is 0 Å². The molecular formula is C34H49N5O8. The second-order valence-electron chi connectivity index (χ2n) is 11.6. The number of rotatable bonds is 6. The third-order valence-corrected chi connectivity index (χ3v) is 6.39. The number of ether oxygens (including phenoxy) is 1. The lowest BCUT2D eigenvalue weighted by Gasteiger charge is -2.22. The number of aromatic nitrogens is 2. The minimum atomic E-state index is -0.833. The average Bonchev–Trinajstić information content (AvgIpc) is 3.31. The van der Waals surface area contributed by atoms with Crippen LogP contribution in [0, 0.1) is 0 Å². The molecule has 13 heteroatoms. The van der Waals surface area contributed by atoms with Crippen LogP contribution in [0.15, 0.2) is 42.5 Å². The first-order chi connectivity index (χ1) is 22.1. The van der Waals surface area contributed by atoms with Crippen molar-refractivity contribution in [3.63, 3.8) is 0 Å². The summed E-state index contributed by atoms with van der Waals surface area (Å²) < 4.78 is 6.59. The maximum Gasteiger partial charge on any atom is 0.421 e. The normalized spacial score (nSPS) is 12.5. The molecule has 0 saturated heterocycles. The van der Waals surface area contributed by atoms with Crippen LogP contribution in [-0.4, -0.2) is 55.2 Å². The molecule has 0 atom stereocenters. The van der Waals surface area contributed by atoms with Gasteiger partial charge in [-0.15, -0.1) is 0 Å². The Balaban J connectivity index is 0.000000978. The molecule has 1 aliphatic carbocycles. The van der Waals surface area contributed by atoms with Crippen LogP contribution < -0.4 is 16.4 Å². The average molecular weight is 656 g/mol. The summed E-state index contributed by atoms with van der Waals surface area (Å²) in [5, 5.41) is 20.5. The fourth-order valence-corrected chi connectivity index (χ4v) is 4.62. The fraction of sp³-hybridized carbons (Fsp3) is 0.471. The summed E-state index contributed by atoms with van der Waals surface area (Å²) in [6.45, 7) is 11.4. The highest BCUT2D eigenvalue weighted by atomic mass is 16.6.